The van der Waals surface area contributed by atoms with Crippen molar-refractivity contribution >= 4 is 17.8 Å². The molecule has 0 unspecified atom stereocenters. The van der Waals surface area contributed by atoms with E-state index in [2.05, 4.69) is 10.7 Å². The van der Waals surface area contributed by atoms with E-state index in [9.17, 15) is 14.4 Å². The fourth-order valence-corrected chi connectivity index (χ4v) is 3.33. The van der Waals surface area contributed by atoms with E-state index in [1.54, 1.807) is 24.3 Å². The van der Waals surface area contributed by atoms with Crippen LogP contribution in [0.5, 0.6) is 5.75 Å². The van der Waals surface area contributed by atoms with Gasteiger partial charge in [0.1, 0.15) is 11.3 Å². The normalized spacial score (nSPS) is 19.0. The van der Waals surface area contributed by atoms with Gasteiger partial charge < -0.3 is 10.1 Å². The van der Waals surface area contributed by atoms with Gasteiger partial charge in [-0.25, -0.2) is 4.79 Å². The number of amides is 4. The number of ether oxygens (including phenoxy) is 1. The Hall–Kier alpha value is -2.57. The van der Waals surface area contributed by atoms with Crippen LogP contribution in [-0.2, 0) is 4.79 Å². The van der Waals surface area contributed by atoms with Crippen LogP contribution in [0.3, 0.4) is 0 Å². The Morgan fingerprint density at radius 1 is 1.28 bits per heavy atom. The van der Waals surface area contributed by atoms with Crippen molar-refractivity contribution in [3.8, 4) is 5.75 Å². The van der Waals surface area contributed by atoms with Gasteiger partial charge in [0.25, 0.3) is 11.8 Å². The predicted molar refractivity (Wildman–Crippen MR) is 90.9 cm³/mol. The molecule has 2 N–H and O–H groups in total. The zero-order chi connectivity index (χ0) is 17.9. The molecule has 1 saturated heterocycles. The van der Waals surface area contributed by atoms with Gasteiger partial charge in [0.05, 0.1) is 6.61 Å². The van der Waals surface area contributed by atoms with Gasteiger partial charge in [0.2, 0.25) is 0 Å². The van der Waals surface area contributed by atoms with Crippen LogP contribution in [-0.4, -0.2) is 35.0 Å². The van der Waals surface area contributed by atoms with E-state index in [-0.39, 0.29) is 5.91 Å². The molecule has 1 heterocycles. The molecule has 1 aromatic carbocycles. The van der Waals surface area contributed by atoms with Crippen LogP contribution in [0.25, 0.3) is 0 Å². The lowest BCUT2D eigenvalue weighted by atomic mass is 9.82. The van der Waals surface area contributed by atoms with Crippen molar-refractivity contribution < 1.29 is 19.1 Å². The Morgan fingerprint density at radius 3 is 2.76 bits per heavy atom. The highest BCUT2D eigenvalue weighted by molar-refractivity contribution is 6.09. The quantitative estimate of drug-likeness (QED) is 0.802. The summed E-state index contributed by atoms with van der Waals surface area (Å²) in [6.07, 6.45) is 4.94. The molecule has 4 amide bonds. The van der Waals surface area contributed by atoms with E-state index in [1.807, 2.05) is 6.92 Å². The Labute approximate surface area is 146 Å². The minimum absolute atomic E-state index is 0.332. The van der Waals surface area contributed by atoms with Crippen molar-refractivity contribution in [3.63, 3.8) is 0 Å². The van der Waals surface area contributed by atoms with Crippen LogP contribution in [0.1, 0.15) is 55.8 Å². The number of imide groups is 1. The summed E-state index contributed by atoms with van der Waals surface area (Å²) in [4.78, 5) is 37.3. The van der Waals surface area contributed by atoms with Crippen molar-refractivity contribution in [2.45, 2.75) is 51.0 Å². The first-order valence-corrected chi connectivity index (χ1v) is 8.76. The molecule has 1 aliphatic carbocycles. The molecule has 1 aliphatic heterocycles. The smallest absolute Gasteiger partial charge is 0.344 e. The lowest BCUT2D eigenvalue weighted by molar-refractivity contribution is -0.134. The summed E-state index contributed by atoms with van der Waals surface area (Å²) in [5, 5.41) is 3.58. The third-order valence-corrected chi connectivity index (χ3v) is 4.65. The minimum atomic E-state index is -0.852. The molecule has 1 aromatic rings. The van der Waals surface area contributed by atoms with Gasteiger partial charge in [-0.2, -0.15) is 5.01 Å². The average molecular weight is 345 g/mol. The summed E-state index contributed by atoms with van der Waals surface area (Å²) >= 11 is 0. The van der Waals surface area contributed by atoms with Crippen LogP contribution in [0, 0.1) is 0 Å². The maximum atomic E-state index is 12.7. The standard InChI is InChI=1S/C18H23N3O4/c1-2-11-25-14-8-6-7-13(12-14)15(22)20-21-16(23)18(19-17(21)24)9-4-3-5-10-18/h6-8,12H,2-5,9-11H2,1H3,(H,19,24)(H,20,22). The molecule has 1 saturated carbocycles. The number of nitrogens with one attached hydrogen (secondary N) is 2. The van der Waals surface area contributed by atoms with E-state index in [1.165, 1.54) is 0 Å². The molecule has 134 valence electrons. The first-order valence-electron chi connectivity index (χ1n) is 8.76. The molecule has 0 aromatic heterocycles. The van der Waals surface area contributed by atoms with E-state index in [4.69, 9.17) is 4.74 Å². The Bertz CT molecular complexity index is 683. The zero-order valence-corrected chi connectivity index (χ0v) is 14.3. The number of urea groups is 1. The Balaban J connectivity index is 1.70. The van der Waals surface area contributed by atoms with Gasteiger partial charge in [-0.05, 0) is 37.5 Å². The molecule has 7 heteroatoms. The summed E-state index contributed by atoms with van der Waals surface area (Å²) in [6.45, 7) is 2.55. The van der Waals surface area contributed by atoms with E-state index in [0.29, 0.717) is 30.8 Å². The number of benzene rings is 1. The number of carbonyl (C=O) groups is 3. The Morgan fingerprint density at radius 2 is 2.04 bits per heavy atom. The third-order valence-electron chi connectivity index (χ3n) is 4.65. The average Bonchev–Trinajstić information content (AvgIpc) is 2.85. The van der Waals surface area contributed by atoms with Gasteiger partial charge in [-0.3, -0.25) is 15.0 Å². The van der Waals surface area contributed by atoms with Gasteiger partial charge in [-0.1, -0.05) is 32.3 Å². The molecule has 0 atom stereocenters. The van der Waals surface area contributed by atoms with E-state index in [0.717, 1.165) is 30.7 Å². The third kappa shape index (κ3) is 3.45. The van der Waals surface area contributed by atoms with E-state index < -0.39 is 17.5 Å². The largest absolute Gasteiger partial charge is 0.494 e. The molecule has 7 nitrogen and oxygen atoms in total. The Kier molecular flexibility index (Phi) is 4.92. The summed E-state index contributed by atoms with van der Waals surface area (Å²) in [5.74, 6) is -0.308. The fraction of sp³-hybridized carbons (Fsp3) is 0.500. The second-order valence-electron chi connectivity index (χ2n) is 6.53. The first-order chi connectivity index (χ1) is 12.1. The minimum Gasteiger partial charge on any atom is -0.494 e. The fourth-order valence-electron chi connectivity index (χ4n) is 3.33. The van der Waals surface area contributed by atoms with E-state index >= 15 is 0 Å². The summed E-state index contributed by atoms with van der Waals surface area (Å²) in [7, 11) is 0. The van der Waals surface area contributed by atoms with Gasteiger partial charge >= 0.3 is 6.03 Å². The highest BCUT2D eigenvalue weighted by Crippen LogP contribution is 2.33. The number of rotatable bonds is 5. The number of carbonyl (C=O) groups excluding carboxylic acids is 3. The lowest BCUT2D eigenvalue weighted by Crippen LogP contribution is -2.50. The highest BCUT2D eigenvalue weighted by atomic mass is 16.5. The predicted octanol–water partition coefficient (Wildman–Crippen LogP) is 2.37. The number of hydrazine groups is 1. The van der Waals surface area contributed by atoms with Crippen molar-refractivity contribution in [1.29, 1.82) is 0 Å². The van der Waals surface area contributed by atoms with Crippen molar-refractivity contribution in [2.24, 2.45) is 0 Å². The number of nitrogens with zero attached hydrogens (tertiary/aromatic N) is 1. The molecular formula is C18H23N3O4. The number of hydrogen-bond acceptors (Lipinski definition) is 4. The van der Waals surface area contributed by atoms with Crippen LogP contribution >= 0.6 is 0 Å². The highest BCUT2D eigenvalue weighted by Gasteiger charge is 2.52. The molecule has 0 bridgehead atoms. The van der Waals surface area contributed by atoms with Crippen LogP contribution in [0.2, 0.25) is 0 Å². The first kappa shape index (κ1) is 17.3. The van der Waals surface area contributed by atoms with Crippen molar-refractivity contribution in [1.82, 2.24) is 15.8 Å². The van der Waals surface area contributed by atoms with Gasteiger partial charge in [0.15, 0.2) is 0 Å². The van der Waals surface area contributed by atoms with Crippen LogP contribution < -0.4 is 15.5 Å². The molecule has 1 spiro atoms. The molecule has 3 rings (SSSR count). The van der Waals surface area contributed by atoms with Crippen LogP contribution in [0.4, 0.5) is 4.79 Å². The molecule has 0 radical (unpaired) electrons. The van der Waals surface area contributed by atoms with Crippen molar-refractivity contribution in [3.05, 3.63) is 29.8 Å². The maximum Gasteiger partial charge on any atom is 0.344 e. The summed E-state index contributed by atoms with van der Waals surface area (Å²) in [5.41, 5.74) is 1.91. The maximum absolute atomic E-state index is 12.7. The molecular weight excluding hydrogens is 322 g/mol. The SMILES string of the molecule is CCCOc1cccc(C(=O)NN2C(=O)NC3(CCCCC3)C2=O)c1. The molecule has 2 fully saturated rings. The van der Waals surface area contributed by atoms with Crippen molar-refractivity contribution in [2.75, 3.05) is 6.61 Å². The summed E-state index contributed by atoms with van der Waals surface area (Å²) in [6, 6.07) is 6.10. The second kappa shape index (κ2) is 7.13. The molecule has 25 heavy (non-hydrogen) atoms. The monoisotopic (exact) mass is 345 g/mol. The zero-order valence-electron chi connectivity index (χ0n) is 14.3. The second-order valence-corrected chi connectivity index (χ2v) is 6.53. The van der Waals surface area contributed by atoms with Gasteiger partial charge in [0, 0.05) is 5.56 Å². The topological polar surface area (TPSA) is 87.7 Å². The lowest BCUT2D eigenvalue weighted by Gasteiger charge is -2.30. The summed E-state index contributed by atoms with van der Waals surface area (Å²) < 4.78 is 5.51. The van der Waals surface area contributed by atoms with Crippen LogP contribution in [0.15, 0.2) is 24.3 Å². The number of hydrogen-bond donors (Lipinski definition) is 2. The van der Waals surface area contributed by atoms with Gasteiger partial charge in [-0.15, -0.1) is 0 Å². The molecule has 2 aliphatic rings.